The Bertz CT molecular complexity index is 250. The van der Waals surface area contributed by atoms with Gasteiger partial charge < -0.3 is 18.6 Å². The molecule has 2 heterocycles. The summed E-state index contributed by atoms with van der Waals surface area (Å²) >= 11 is 0. The van der Waals surface area contributed by atoms with Gasteiger partial charge in [0, 0.05) is 0 Å². The monoisotopic (exact) mass is 176 g/mol. The van der Waals surface area contributed by atoms with Crippen molar-refractivity contribution in [1.29, 1.82) is 0 Å². The molecular weight excluding hydrogens is 170 g/mol. The predicted molar refractivity (Wildman–Crippen MR) is 46.2 cm³/mol. The van der Waals surface area contributed by atoms with Gasteiger partial charge >= 0.3 is 15.4 Å². The lowest BCUT2D eigenvalue weighted by Crippen LogP contribution is -2.18. The molecule has 3 rings (SSSR count). The molecule has 0 saturated carbocycles. The number of hydrogen-bond acceptors (Lipinski definition) is 4. The molecule has 0 aromatic heterocycles. The van der Waals surface area contributed by atoms with Crippen LogP contribution in [-0.4, -0.2) is 22.2 Å². The van der Waals surface area contributed by atoms with Crippen LogP contribution in [0.25, 0.3) is 0 Å². The van der Waals surface area contributed by atoms with Crippen molar-refractivity contribution in [3.63, 3.8) is 0 Å². The van der Waals surface area contributed by atoms with E-state index in [4.69, 9.17) is 9.31 Å². The van der Waals surface area contributed by atoms with Gasteiger partial charge in [0.25, 0.3) is 0 Å². The highest BCUT2D eigenvalue weighted by molar-refractivity contribution is 6.22. The molecule has 0 unspecified atom stereocenters. The smallest absolute Gasteiger partial charge is 0.524 e. The maximum absolute atomic E-state index is 4.95. The lowest BCUT2D eigenvalue weighted by molar-refractivity contribution is 0.00920. The molecule has 2 aliphatic rings. The Hall–Kier alpha value is -1.13. The maximum Gasteiger partial charge on any atom is 0.658 e. The average molecular weight is 176 g/mol. The first-order valence-electron chi connectivity index (χ1n) is 3.76. The Kier molecular flexibility index (Phi) is 2.74. The van der Waals surface area contributed by atoms with E-state index < -0.39 is 0 Å². The normalized spacial score (nSPS) is 15.7. The Morgan fingerprint density at radius 1 is 0.923 bits per heavy atom. The second kappa shape index (κ2) is 4.20. The molecule has 0 amide bonds. The summed E-state index contributed by atoms with van der Waals surface area (Å²) in [6.45, 7) is 0.444. The molecule has 1 saturated heterocycles. The molecule has 0 aliphatic carbocycles. The van der Waals surface area contributed by atoms with Crippen molar-refractivity contribution >= 4 is 15.4 Å². The molecule has 0 atom stereocenters. The van der Waals surface area contributed by atoms with Crippen LogP contribution in [0, 0.1) is 0 Å². The van der Waals surface area contributed by atoms with Crippen molar-refractivity contribution in [2.45, 2.75) is 0 Å². The van der Waals surface area contributed by atoms with Gasteiger partial charge in [-0.25, -0.2) is 0 Å². The molecule has 0 spiro atoms. The Labute approximate surface area is 77.4 Å². The molecule has 6 heteroatoms. The number of rotatable bonds is 0. The van der Waals surface area contributed by atoms with Gasteiger partial charge in [0.05, 0.1) is 0 Å². The van der Waals surface area contributed by atoms with Gasteiger partial charge in [0.15, 0.2) is 0 Å². The zero-order chi connectivity index (χ0) is 8.93. The van der Waals surface area contributed by atoms with Crippen LogP contribution in [0.5, 0.6) is 11.5 Å². The summed E-state index contributed by atoms with van der Waals surface area (Å²) in [7, 11) is 2.63. The number of fused-ring (bicyclic) bond motifs is 1. The second-order valence-electron chi connectivity index (χ2n) is 2.33. The minimum Gasteiger partial charge on any atom is -0.524 e. The Balaban J connectivity index is 0.000000137. The van der Waals surface area contributed by atoms with E-state index in [2.05, 4.69) is 9.31 Å². The second-order valence-corrected chi connectivity index (χ2v) is 2.33. The fourth-order valence-corrected chi connectivity index (χ4v) is 0.841. The fraction of sp³-hybridized carbons (Fsp3) is 0.143. The lowest BCUT2D eigenvalue weighted by atomic mass is 10.3. The lowest BCUT2D eigenvalue weighted by Gasteiger charge is -2.08. The van der Waals surface area contributed by atoms with Gasteiger partial charge in [-0.05, 0) is 12.1 Å². The van der Waals surface area contributed by atoms with E-state index in [9.17, 15) is 0 Å². The summed E-state index contributed by atoms with van der Waals surface area (Å²) in [5.41, 5.74) is 0. The van der Waals surface area contributed by atoms with Gasteiger partial charge in [-0.15, -0.1) is 0 Å². The molecule has 0 bridgehead atoms. The zero-order valence-corrected chi connectivity index (χ0v) is 6.80. The summed E-state index contributed by atoms with van der Waals surface area (Å²) < 4.78 is 18.7. The van der Waals surface area contributed by atoms with Crippen molar-refractivity contribution in [2.75, 3.05) is 6.79 Å². The predicted octanol–water partition coefficient (Wildman–Crippen LogP) is 0.517. The molecule has 1 aromatic carbocycles. The third kappa shape index (κ3) is 2.17. The minimum absolute atomic E-state index is 0.444. The van der Waals surface area contributed by atoms with Crippen LogP contribution in [0.2, 0.25) is 0 Å². The molecule has 1 fully saturated rings. The standard InChI is InChI=1S/C6H4BO2.CH2BO2/c1-2-4-6-5(3-1)8-7-9-6;1-3-2-4-1/h1-4H;1H2. The largest absolute Gasteiger partial charge is 0.658 e. The average Bonchev–Trinajstić information content (AvgIpc) is 2.47. The van der Waals surface area contributed by atoms with Gasteiger partial charge in [-0.3, -0.25) is 0 Å². The molecule has 2 aliphatic heterocycles. The third-order valence-electron chi connectivity index (χ3n) is 1.47. The molecule has 13 heavy (non-hydrogen) atoms. The molecular formula is C7H6B2O4. The highest BCUT2D eigenvalue weighted by Gasteiger charge is 2.14. The Morgan fingerprint density at radius 2 is 1.38 bits per heavy atom. The first-order chi connectivity index (χ1) is 6.47. The van der Waals surface area contributed by atoms with Gasteiger partial charge in [0.2, 0.25) is 0 Å². The SMILES string of the molecule is [B]1OCO1.[B]1Oc2ccccc2O1. The van der Waals surface area contributed by atoms with Crippen LogP contribution in [0.4, 0.5) is 0 Å². The van der Waals surface area contributed by atoms with Crippen molar-refractivity contribution in [2.24, 2.45) is 0 Å². The minimum atomic E-state index is 0.444. The van der Waals surface area contributed by atoms with E-state index in [0.717, 1.165) is 11.5 Å². The van der Waals surface area contributed by atoms with Crippen LogP contribution >= 0.6 is 0 Å². The Morgan fingerprint density at radius 3 is 1.77 bits per heavy atom. The highest BCUT2D eigenvalue weighted by Crippen LogP contribution is 2.29. The highest BCUT2D eigenvalue weighted by atomic mass is 16.8. The van der Waals surface area contributed by atoms with Crippen LogP contribution in [0.1, 0.15) is 0 Å². The van der Waals surface area contributed by atoms with E-state index in [-0.39, 0.29) is 0 Å². The van der Waals surface area contributed by atoms with Crippen molar-refractivity contribution in [3.05, 3.63) is 24.3 Å². The van der Waals surface area contributed by atoms with Crippen LogP contribution in [0.3, 0.4) is 0 Å². The fourth-order valence-electron chi connectivity index (χ4n) is 0.841. The third-order valence-corrected chi connectivity index (χ3v) is 1.47. The molecule has 64 valence electrons. The van der Waals surface area contributed by atoms with Crippen LogP contribution in [-0.2, 0) is 9.31 Å². The first-order valence-corrected chi connectivity index (χ1v) is 3.76. The molecule has 2 radical (unpaired) electrons. The summed E-state index contributed by atoms with van der Waals surface area (Å²) in [5.74, 6) is 1.58. The van der Waals surface area contributed by atoms with E-state index >= 15 is 0 Å². The number of hydrogen-bond donors (Lipinski definition) is 0. The zero-order valence-electron chi connectivity index (χ0n) is 6.80. The topological polar surface area (TPSA) is 36.9 Å². The summed E-state index contributed by atoms with van der Waals surface area (Å²) in [6, 6.07) is 7.53. The van der Waals surface area contributed by atoms with Crippen molar-refractivity contribution in [3.8, 4) is 11.5 Å². The van der Waals surface area contributed by atoms with Crippen molar-refractivity contribution < 1.29 is 18.6 Å². The summed E-state index contributed by atoms with van der Waals surface area (Å²) in [5, 5.41) is 0. The van der Waals surface area contributed by atoms with E-state index in [1.807, 2.05) is 24.3 Å². The number of benzene rings is 1. The van der Waals surface area contributed by atoms with Crippen LogP contribution < -0.4 is 9.31 Å². The van der Waals surface area contributed by atoms with E-state index in [1.54, 1.807) is 0 Å². The quantitative estimate of drug-likeness (QED) is 0.539. The van der Waals surface area contributed by atoms with Gasteiger partial charge in [-0.1, -0.05) is 12.1 Å². The van der Waals surface area contributed by atoms with Crippen molar-refractivity contribution in [1.82, 2.24) is 0 Å². The molecule has 0 N–H and O–H groups in total. The van der Waals surface area contributed by atoms with Crippen LogP contribution in [0.15, 0.2) is 24.3 Å². The van der Waals surface area contributed by atoms with Gasteiger partial charge in [-0.2, -0.15) is 0 Å². The molecule has 1 aromatic rings. The summed E-state index contributed by atoms with van der Waals surface area (Å²) in [4.78, 5) is 0. The van der Waals surface area contributed by atoms with Gasteiger partial charge in [0.1, 0.15) is 18.3 Å². The van der Waals surface area contributed by atoms with E-state index in [1.165, 1.54) is 15.4 Å². The summed E-state index contributed by atoms with van der Waals surface area (Å²) in [6.07, 6.45) is 0. The maximum atomic E-state index is 4.95. The first kappa shape index (κ1) is 8.47. The molecule has 4 nitrogen and oxygen atoms in total. The number of para-hydroxylation sites is 2. The van der Waals surface area contributed by atoms with E-state index in [0.29, 0.717) is 6.79 Å².